The number of nitrogens with one attached hydrogen (secondary N) is 1. The zero-order valence-electron chi connectivity index (χ0n) is 14.8. The highest BCUT2D eigenvalue weighted by molar-refractivity contribution is 5.91. The van der Waals surface area contributed by atoms with Crippen molar-refractivity contribution in [1.29, 1.82) is 0 Å². The van der Waals surface area contributed by atoms with Crippen LogP contribution in [0, 0.1) is 0 Å². The van der Waals surface area contributed by atoms with Crippen molar-refractivity contribution < 1.29 is 13.2 Å². The molecule has 0 amide bonds. The van der Waals surface area contributed by atoms with Crippen molar-refractivity contribution in [3.8, 4) is 0 Å². The van der Waals surface area contributed by atoms with Gasteiger partial charge in [0.25, 0.3) is 0 Å². The predicted octanol–water partition coefficient (Wildman–Crippen LogP) is 4.72. The Labute approximate surface area is 155 Å². The van der Waals surface area contributed by atoms with E-state index in [0.29, 0.717) is 23.1 Å². The van der Waals surface area contributed by atoms with E-state index in [1.807, 2.05) is 12.1 Å². The molecule has 2 heterocycles. The van der Waals surface area contributed by atoms with Gasteiger partial charge >= 0.3 is 6.18 Å². The highest BCUT2D eigenvalue weighted by Crippen LogP contribution is 2.33. The second-order valence-corrected chi connectivity index (χ2v) is 6.79. The van der Waals surface area contributed by atoms with E-state index in [9.17, 15) is 13.2 Å². The fourth-order valence-electron chi connectivity index (χ4n) is 3.56. The van der Waals surface area contributed by atoms with Gasteiger partial charge in [-0.2, -0.15) is 13.2 Å². The average Bonchev–Trinajstić information content (AvgIpc) is 2.67. The first-order valence-electron chi connectivity index (χ1n) is 9.01. The lowest BCUT2D eigenvalue weighted by atomic mass is 10.00. The van der Waals surface area contributed by atoms with E-state index in [1.54, 1.807) is 18.2 Å². The van der Waals surface area contributed by atoms with E-state index in [-0.39, 0.29) is 0 Å². The summed E-state index contributed by atoms with van der Waals surface area (Å²) < 4.78 is 39.5. The lowest BCUT2D eigenvalue weighted by molar-refractivity contribution is -0.140. The Hall–Kier alpha value is -2.60. The molecule has 27 heavy (non-hydrogen) atoms. The number of aromatic nitrogens is 1. The first-order chi connectivity index (χ1) is 13.0. The van der Waals surface area contributed by atoms with Crippen LogP contribution in [-0.2, 0) is 19.1 Å². The van der Waals surface area contributed by atoms with Crippen LogP contribution in [-0.4, -0.2) is 29.5 Å². The van der Waals surface area contributed by atoms with E-state index < -0.39 is 11.9 Å². The molecule has 6 heteroatoms. The number of halogens is 3. The smallest absolute Gasteiger partial charge is 0.383 e. The predicted molar refractivity (Wildman–Crippen MR) is 101 cm³/mol. The summed E-state index contributed by atoms with van der Waals surface area (Å²) in [6, 6.07) is 16.4. The van der Waals surface area contributed by atoms with Crippen molar-refractivity contribution in [3.05, 3.63) is 71.4 Å². The fourth-order valence-corrected chi connectivity index (χ4v) is 3.56. The van der Waals surface area contributed by atoms with E-state index in [0.717, 1.165) is 32.1 Å². The molecule has 0 bridgehead atoms. The van der Waals surface area contributed by atoms with E-state index in [1.165, 1.54) is 11.1 Å². The molecule has 140 valence electrons. The third kappa shape index (κ3) is 3.90. The zero-order valence-corrected chi connectivity index (χ0v) is 14.8. The van der Waals surface area contributed by atoms with Crippen molar-refractivity contribution in [3.63, 3.8) is 0 Å². The van der Waals surface area contributed by atoms with Crippen LogP contribution in [0.4, 0.5) is 18.9 Å². The van der Waals surface area contributed by atoms with E-state index >= 15 is 0 Å². The topological polar surface area (TPSA) is 28.2 Å². The van der Waals surface area contributed by atoms with Crippen LogP contribution < -0.4 is 5.32 Å². The van der Waals surface area contributed by atoms with Gasteiger partial charge in [-0.05, 0) is 29.7 Å². The second kappa shape index (κ2) is 7.19. The van der Waals surface area contributed by atoms with Gasteiger partial charge in [-0.15, -0.1) is 0 Å². The maximum Gasteiger partial charge on any atom is 0.433 e. The molecule has 0 aliphatic carbocycles. The summed E-state index contributed by atoms with van der Waals surface area (Å²) in [5, 5.41) is 3.89. The quantitative estimate of drug-likeness (QED) is 0.719. The van der Waals surface area contributed by atoms with Crippen molar-refractivity contribution in [1.82, 2.24) is 9.88 Å². The lowest BCUT2D eigenvalue weighted by Crippen LogP contribution is -2.34. The molecule has 0 radical (unpaired) electrons. The maximum absolute atomic E-state index is 13.2. The largest absolute Gasteiger partial charge is 0.433 e. The molecule has 1 N–H and O–H groups in total. The molecule has 1 aliphatic rings. The number of benzene rings is 2. The van der Waals surface area contributed by atoms with Crippen molar-refractivity contribution in [2.24, 2.45) is 0 Å². The Morgan fingerprint density at radius 1 is 1.00 bits per heavy atom. The molecule has 3 nitrogen and oxygen atoms in total. The van der Waals surface area contributed by atoms with Gasteiger partial charge in [-0.25, -0.2) is 4.98 Å². The van der Waals surface area contributed by atoms with Crippen LogP contribution in [0.25, 0.3) is 10.9 Å². The Morgan fingerprint density at radius 2 is 1.74 bits per heavy atom. The Balaban J connectivity index is 1.48. The summed E-state index contributed by atoms with van der Waals surface area (Å²) in [5.41, 5.74) is 2.68. The van der Waals surface area contributed by atoms with Gasteiger partial charge in [0.05, 0.1) is 5.52 Å². The van der Waals surface area contributed by atoms with Gasteiger partial charge < -0.3 is 5.32 Å². The third-order valence-corrected chi connectivity index (χ3v) is 4.96. The van der Waals surface area contributed by atoms with Crippen LogP contribution in [0.15, 0.2) is 54.6 Å². The van der Waals surface area contributed by atoms with Crippen LogP contribution in [0.2, 0.25) is 0 Å². The van der Waals surface area contributed by atoms with Crippen molar-refractivity contribution in [2.45, 2.75) is 19.1 Å². The number of hydrogen-bond acceptors (Lipinski definition) is 3. The average molecular weight is 371 g/mol. The number of anilines is 1. The fraction of sp³-hybridized carbons (Fsp3) is 0.286. The minimum absolute atomic E-state index is 0.349. The number of pyridine rings is 1. The molecule has 0 spiro atoms. The van der Waals surface area contributed by atoms with Gasteiger partial charge in [0.1, 0.15) is 5.69 Å². The first kappa shape index (κ1) is 17.8. The molecule has 0 fully saturated rings. The van der Waals surface area contributed by atoms with Gasteiger partial charge in [0, 0.05) is 37.3 Å². The van der Waals surface area contributed by atoms with Crippen molar-refractivity contribution >= 4 is 16.6 Å². The molecule has 1 aliphatic heterocycles. The number of fused-ring (bicyclic) bond motifs is 2. The third-order valence-electron chi connectivity index (χ3n) is 4.96. The molecule has 0 saturated heterocycles. The SMILES string of the molecule is FC(F)(F)c1cc(NCCN2CCc3ccccc3C2)c2ccccc2n1. The van der Waals surface area contributed by atoms with Gasteiger partial charge in [-0.1, -0.05) is 42.5 Å². The highest BCUT2D eigenvalue weighted by atomic mass is 19.4. The summed E-state index contributed by atoms with van der Waals surface area (Å²) >= 11 is 0. The number of hydrogen-bond donors (Lipinski definition) is 1. The van der Waals surface area contributed by atoms with Gasteiger partial charge in [0.2, 0.25) is 0 Å². The summed E-state index contributed by atoms with van der Waals surface area (Å²) in [6.45, 7) is 3.19. The second-order valence-electron chi connectivity index (χ2n) is 6.79. The van der Waals surface area contributed by atoms with Crippen LogP contribution >= 0.6 is 0 Å². The first-order valence-corrected chi connectivity index (χ1v) is 9.01. The van der Waals surface area contributed by atoms with Gasteiger partial charge in [0.15, 0.2) is 0 Å². The van der Waals surface area contributed by atoms with Gasteiger partial charge in [-0.3, -0.25) is 4.90 Å². The number of para-hydroxylation sites is 1. The summed E-state index contributed by atoms with van der Waals surface area (Å²) in [6.07, 6.45) is -3.45. The normalized spacial score (nSPS) is 14.9. The molecule has 0 saturated carbocycles. The molecule has 3 aromatic rings. The minimum Gasteiger partial charge on any atom is -0.383 e. The van der Waals surface area contributed by atoms with Crippen molar-refractivity contribution in [2.75, 3.05) is 25.0 Å². The zero-order chi connectivity index (χ0) is 18.9. The number of alkyl halides is 3. The monoisotopic (exact) mass is 371 g/mol. The van der Waals surface area contributed by atoms with E-state index in [4.69, 9.17) is 0 Å². The van der Waals surface area contributed by atoms with Crippen LogP contribution in [0.3, 0.4) is 0 Å². The summed E-state index contributed by atoms with van der Waals surface area (Å²) in [5.74, 6) is 0. The maximum atomic E-state index is 13.2. The highest BCUT2D eigenvalue weighted by Gasteiger charge is 2.33. The van der Waals surface area contributed by atoms with Crippen LogP contribution in [0.5, 0.6) is 0 Å². The Bertz CT molecular complexity index is 953. The number of rotatable bonds is 4. The Kier molecular flexibility index (Phi) is 4.74. The van der Waals surface area contributed by atoms with Crippen LogP contribution in [0.1, 0.15) is 16.8 Å². The Morgan fingerprint density at radius 3 is 2.56 bits per heavy atom. The molecule has 2 aromatic carbocycles. The molecule has 0 unspecified atom stereocenters. The molecule has 1 aromatic heterocycles. The molecule has 0 atom stereocenters. The standard InChI is InChI=1S/C21H20F3N3/c22-21(23,24)20-13-19(17-7-3-4-8-18(17)26-20)25-10-12-27-11-9-15-5-1-2-6-16(15)14-27/h1-8,13H,9-12,14H2,(H,25,26). The molecular weight excluding hydrogens is 351 g/mol. The minimum atomic E-state index is -4.46. The lowest BCUT2D eigenvalue weighted by Gasteiger charge is -2.28. The number of nitrogens with zero attached hydrogens (tertiary/aromatic N) is 2. The summed E-state index contributed by atoms with van der Waals surface area (Å²) in [4.78, 5) is 6.08. The van der Waals surface area contributed by atoms with E-state index in [2.05, 4.69) is 33.4 Å². The molecule has 4 rings (SSSR count). The summed E-state index contributed by atoms with van der Waals surface area (Å²) in [7, 11) is 0. The molecular formula is C21H20F3N3.